The lowest BCUT2D eigenvalue weighted by Crippen LogP contribution is -2.49. The number of nitrogens with zero attached hydrogens (tertiary/aromatic N) is 1. The summed E-state index contributed by atoms with van der Waals surface area (Å²) in [6.07, 6.45) is -0.822. The minimum atomic E-state index is -0.822. The maximum absolute atomic E-state index is 12.5. The lowest BCUT2D eigenvalue weighted by molar-refractivity contribution is -0.136. The van der Waals surface area contributed by atoms with Gasteiger partial charge in [-0.05, 0) is 18.1 Å². The summed E-state index contributed by atoms with van der Waals surface area (Å²) in [6, 6.07) is 2.96. The van der Waals surface area contributed by atoms with E-state index in [9.17, 15) is 9.90 Å². The Hall–Kier alpha value is -1.79. The van der Waals surface area contributed by atoms with Crippen LogP contribution < -0.4 is 15.2 Å². The molecule has 122 valence electrons. The van der Waals surface area contributed by atoms with Crippen LogP contribution in [0.5, 0.6) is 11.5 Å². The van der Waals surface area contributed by atoms with Gasteiger partial charge in [-0.15, -0.1) is 0 Å². The number of nitrogens with two attached hydrogens (primary N) is 1. The maximum atomic E-state index is 12.5. The van der Waals surface area contributed by atoms with Crippen molar-refractivity contribution in [3.8, 4) is 11.5 Å². The van der Waals surface area contributed by atoms with Gasteiger partial charge in [-0.2, -0.15) is 0 Å². The quantitative estimate of drug-likeness (QED) is 0.869. The highest BCUT2D eigenvalue weighted by Gasteiger charge is 2.34. The second kappa shape index (κ2) is 6.54. The van der Waals surface area contributed by atoms with Crippen molar-refractivity contribution in [1.29, 1.82) is 0 Å². The topological polar surface area (TPSA) is 85.0 Å². The van der Waals surface area contributed by atoms with E-state index >= 15 is 0 Å². The van der Waals surface area contributed by atoms with Crippen molar-refractivity contribution in [2.45, 2.75) is 32.5 Å². The SMILES string of the molecule is COc1ccc(OC)c2c1CN(C(=O)[C@@H](N)C(C)C)CC2O. The van der Waals surface area contributed by atoms with Gasteiger partial charge < -0.3 is 25.2 Å². The van der Waals surface area contributed by atoms with Crippen LogP contribution in [0, 0.1) is 5.92 Å². The molecule has 1 aliphatic heterocycles. The molecule has 1 amide bonds. The zero-order valence-corrected chi connectivity index (χ0v) is 13.5. The van der Waals surface area contributed by atoms with E-state index in [-0.39, 0.29) is 18.4 Å². The Labute approximate surface area is 130 Å². The van der Waals surface area contributed by atoms with Gasteiger partial charge >= 0.3 is 0 Å². The van der Waals surface area contributed by atoms with Crippen molar-refractivity contribution in [2.24, 2.45) is 11.7 Å². The molecule has 1 aromatic carbocycles. The molecule has 0 radical (unpaired) electrons. The summed E-state index contributed by atoms with van der Waals surface area (Å²) in [6.45, 7) is 4.36. The van der Waals surface area contributed by atoms with Gasteiger partial charge in [-0.1, -0.05) is 13.8 Å². The maximum Gasteiger partial charge on any atom is 0.240 e. The average Bonchev–Trinajstić information content (AvgIpc) is 2.51. The lowest BCUT2D eigenvalue weighted by atomic mass is 9.94. The van der Waals surface area contributed by atoms with E-state index in [1.807, 2.05) is 13.8 Å². The molecule has 6 nitrogen and oxygen atoms in total. The first-order valence-corrected chi connectivity index (χ1v) is 7.36. The molecule has 2 atom stereocenters. The zero-order valence-electron chi connectivity index (χ0n) is 13.5. The van der Waals surface area contributed by atoms with Crippen LogP contribution in [0.4, 0.5) is 0 Å². The van der Waals surface area contributed by atoms with Crippen molar-refractivity contribution in [2.75, 3.05) is 20.8 Å². The Balaban J connectivity index is 2.38. The van der Waals surface area contributed by atoms with Crippen molar-refractivity contribution in [3.63, 3.8) is 0 Å². The van der Waals surface area contributed by atoms with Crippen molar-refractivity contribution in [1.82, 2.24) is 4.90 Å². The second-order valence-corrected chi connectivity index (χ2v) is 5.87. The molecule has 3 N–H and O–H groups in total. The highest BCUT2D eigenvalue weighted by molar-refractivity contribution is 5.82. The fourth-order valence-corrected chi connectivity index (χ4v) is 2.74. The second-order valence-electron chi connectivity index (χ2n) is 5.87. The number of β-amino-alcohol motifs (C(OH)–C–C–N with tert-alkyl or cyclic N) is 1. The molecule has 1 aromatic rings. The number of carbonyl (C=O) groups excluding carboxylic acids is 1. The van der Waals surface area contributed by atoms with Gasteiger partial charge in [0.05, 0.1) is 26.8 Å². The summed E-state index contributed by atoms with van der Waals surface area (Å²) >= 11 is 0. The van der Waals surface area contributed by atoms with E-state index in [2.05, 4.69) is 0 Å². The van der Waals surface area contributed by atoms with E-state index in [4.69, 9.17) is 15.2 Å². The fourth-order valence-electron chi connectivity index (χ4n) is 2.74. The fraction of sp³-hybridized carbons (Fsp3) is 0.562. The molecule has 1 unspecified atom stereocenters. The Bertz CT molecular complexity index is 559. The molecule has 2 rings (SSSR count). The van der Waals surface area contributed by atoms with Crippen molar-refractivity contribution < 1.29 is 19.4 Å². The molecular weight excluding hydrogens is 284 g/mol. The van der Waals surface area contributed by atoms with E-state index in [1.165, 1.54) is 0 Å². The third kappa shape index (κ3) is 2.89. The molecule has 0 spiro atoms. The number of hydrogen-bond donors (Lipinski definition) is 2. The first-order valence-electron chi connectivity index (χ1n) is 7.36. The molecule has 0 fully saturated rings. The standard InChI is InChI=1S/C16H24N2O4/c1-9(2)15(17)16(20)18-7-10-12(21-3)5-6-13(22-4)14(10)11(19)8-18/h5-6,9,11,15,19H,7-8,17H2,1-4H3/t11?,15-/m0/s1. The van der Waals surface area contributed by atoms with E-state index in [1.54, 1.807) is 31.3 Å². The predicted octanol–water partition coefficient (Wildman–Crippen LogP) is 1.06. The largest absolute Gasteiger partial charge is 0.496 e. The van der Waals surface area contributed by atoms with Gasteiger partial charge in [0.25, 0.3) is 0 Å². The average molecular weight is 308 g/mol. The molecule has 1 heterocycles. The third-order valence-corrected chi connectivity index (χ3v) is 4.10. The number of aliphatic hydroxyl groups is 1. The number of aliphatic hydroxyl groups excluding tert-OH is 1. The number of benzene rings is 1. The summed E-state index contributed by atoms with van der Waals surface area (Å²) in [7, 11) is 3.12. The minimum Gasteiger partial charge on any atom is -0.496 e. The van der Waals surface area contributed by atoms with Gasteiger partial charge in [0.1, 0.15) is 17.6 Å². The molecule has 0 aliphatic carbocycles. The van der Waals surface area contributed by atoms with Gasteiger partial charge in [0.15, 0.2) is 0 Å². The van der Waals surface area contributed by atoms with Crippen LogP contribution in [0.3, 0.4) is 0 Å². The van der Waals surface area contributed by atoms with Crippen molar-refractivity contribution >= 4 is 5.91 Å². The summed E-state index contributed by atoms with van der Waals surface area (Å²) in [5.41, 5.74) is 7.41. The van der Waals surface area contributed by atoms with E-state index in [0.717, 1.165) is 5.56 Å². The molecular formula is C16H24N2O4. The first kappa shape index (κ1) is 16.6. The molecule has 0 bridgehead atoms. The Morgan fingerprint density at radius 2 is 1.91 bits per heavy atom. The number of methoxy groups -OCH3 is 2. The van der Waals surface area contributed by atoms with E-state index in [0.29, 0.717) is 23.6 Å². The van der Waals surface area contributed by atoms with Crippen LogP contribution in [-0.4, -0.2) is 42.7 Å². The Morgan fingerprint density at radius 1 is 1.32 bits per heavy atom. The van der Waals surface area contributed by atoms with Gasteiger partial charge in [-0.25, -0.2) is 0 Å². The number of amides is 1. The number of hydrogen-bond acceptors (Lipinski definition) is 5. The van der Waals surface area contributed by atoms with Gasteiger partial charge in [0, 0.05) is 17.7 Å². The predicted molar refractivity (Wildman–Crippen MR) is 82.7 cm³/mol. The summed E-state index contributed by atoms with van der Waals surface area (Å²) < 4.78 is 10.7. The number of ether oxygens (including phenoxy) is 2. The third-order valence-electron chi connectivity index (χ3n) is 4.10. The van der Waals surface area contributed by atoms with Crippen molar-refractivity contribution in [3.05, 3.63) is 23.3 Å². The van der Waals surface area contributed by atoms with Crippen LogP contribution in [0.25, 0.3) is 0 Å². The normalized spacial score (nSPS) is 18.9. The highest BCUT2D eigenvalue weighted by atomic mass is 16.5. The van der Waals surface area contributed by atoms with Gasteiger partial charge in [-0.3, -0.25) is 4.79 Å². The van der Waals surface area contributed by atoms with Crippen LogP contribution in [0.2, 0.25) is 0 Å². The van der Waals surface area contributed by atoms with Crippen LogP contribution >= 0.6 is 0 Å². The summed E-state index contributed by atoms with van der Waals surface area (Å²) in [4.78, 5) is 14.0. The minimum absolute atomic E-state index is 0.0400. The zero-order chi connectivity index (χ0) is 16.4. The molecule has 0 aromatic heterocycles. The lowest BCUT2D eigenvalue weighted by Gasteiger charge is -2.35. The summed E-state index contributed by atoms with van der Waals surface area (Å²) in [5.74, 6) is 1.11. The Kier molecular flexibility index (Phi) is 4.93. The van der Waals surface area contributed by atoms with E-state index < -0.39 is 12.1 Å². The van der Waals surface area contributed by atoms with Crippen LogP contribution in [0.1, 0.15) is 31.1 Å². The molecule has 1 aliphatic rings. The first-order chi connectivity index (χ1) is 10.4. The smallest absolute Gasteiger partial charge is 0.240 e. The number of carbonyl (C=O) groups is 1. The highest BCUT2D eigenvalue weighted by Crippen LogP contribution is 2.39. The molecule has 22 heavy (non-hydrogen) atoms. The molecule has 0 saturated carbocycles. The number of rotatable bonds is 4. The number of fused-ring (bicyclic) bond motifs is 1. The monoisotopic (exact) mass is 308 g/mol. The molecule has 0 saturated heterocycles. The van der Waals surface area contributed by atoms with Crippen LogP contribution in [0.15, 0.2) is 12.1 Å². The molecule has 6 heteroatoms. The van der Waals surface area contributed by atoms with Gasteiger partial charge in [0.2, 0.25) is 5.91 Å². The Morgan fingerprint density at radius 3 is 2.45 bits per heavy atom. The van der Waals surface area contributed by atoms with Crippen LogP contribution in [-0.2, 0) is 11.3 Å². The summed E-state index contributed by atoms with van der Waals surface area (Å²) in [5, 5.41) is 10.5.